The Morgan fingerprint density at radius 1 is 1.35 bits per heavy atom. The Morgan fingerprint density at radius 2 is 2.17 bits per heavy atom. The Labute approximate surface area is 136 Å². The van der Waals surface area contributed by atoms with Crippen LogP contribution in [0.1, 0.15) is 17.5 Å². The third-order valence-corrected chi connectivity index (χ3v) is 4.66. The predicted molar refractivity (Wildman–Crippen MR) is 87.5 cm³/mol. The van der Waals surface area contributed by atoms with Crippen LogP contribution in [-0.4, -0.2) is 41.0 Å². The fraction of sp³-hybridized carbons (Fsp3) is 0.500. The second kappa shape index (κ2) is 7.23. The molecular formula is C18H24FN3O. The molecule has 4 nitrogen and oxygen atoms in total. The number of likely N-dealkylation sites (tertiary alicyclic amines) is 1. The number of nitrogens with zero attached hydrogens (tertiary/aromatic N) is 3. The number of halogens is 1. The van der Waals surface area contributed by atoms with Crippen molar-refractivity contribution in [2.45, 2.75) is 25.5 Å². The molecule has 1 aromatic carbocycles. The maximum Gasteiger partial charge on any atom is 0.126 e. The van der Waals surface area contributed by atoms with Crippen molar-refractivity contribution < 1.29 is 9.13 Å². The standard InChI is InChI=1S/C18H24FN3O/c1-21-11-14(10-20-21)12-22-8-7-18(23-2)16(13-22)9-15-5-3-4-6-17(15)19/h3-6,10-11,16,18H,7-9,12-13H2,1-2H3/t16-,18-/m1/s1. The van der Waals surface area contributed by atoms with Gasteiger partial charge in [0.25, 0.3) is 0 Å². The van der Waals surface area contributed by atoms with Crippen molar-refractivity contribution in [1.82, 2.24) is 14.7 Å². The average molecular weight is 317 g/mol. The largest absolute Gasteiger partial charge is 0.381 e. The van der Waals surface area contributed by atoms with Gasteiger partial charge in [0.2, 0.25) is 0 Å². The Hall–Kier alpha value is -1.72. The Kier molecular flexibility index (Phi) is 5.08. The maximum absolute atomic E-state index is 14.0. The van der Waals surface area contributed by atoms with Gasteiger partial charge in [-0.25, -0.2) is 4.39 Å². The number of rotatable bonds is 5. The van der Waals surface area contributed by atoms with E-state index in [9.17, 15) is 4.39 Å². The van der Waals surface area contributed by atoms with E-state index in [4.69, 9.17) is 4.74 Å². The van der Waals surface area contributed by atoms with E-state index >= 15 is 0 Å². The molecule has 0 saturated carbocycles. The van der Waals surface area contributed by atoms with Gasteiger partial charge in [-0.3, -0.25) is 9.58 Å². The van der Waals surface area contributed by atoms with E-state index in [1.807, 2.05) is 36.3 Å². The topological polar surface area (TPSA) is 30.3 Å². The van der Waals surface area contributed by atoms with Gasteiger partial charge in [0.1, 0.15) is 5.82 Å². The average Bonchev–Trinajstić information content (AvgIpc) is 2.95. The van der Waals surface area contributed by atoms with Crippen LogP contribution in [0.4, 0.5) is 4.39 Å². The highest BCUT2D eigenvalue weighted by Crippen LogP contribution is 2.25. The molecule has 0 N–H and O–H groups in total. The number of aryl methyl sites for hydroxylation is 1. The number of ether oxygens (including phenoxy) is 1. The molecule has 2 atom stereocenters. The van der Waals surface area contributed by atoms with Gasteiger partial charge in [0.05, 0.1) is 12.3 Å². The van der Waals surface area contributed by atoms with Crippen molar-refractivity contribution in [3.63, 3.8) is 0 Å². The maximum atomic E-state index is 14.0. The van der Waals surface area contributed by atoms with Crippen molar-refractivity contribution in [1.29, 1.82) is 0 Å². The summed E-state index contributed by atoms with van der Waals surface area (Å²) < 4.78 is 21.4. The highest BCUT2D eigenvalue weighted by Gasteiger charge is 2.30. The van der Waals surface area contributed by atoms with Gasteiger partial charge in [-0.2, -0.15) is 5.10 Å². The molecule has 0 aliphatic carbocycles. The number of piperidine rings is 1. The van der Waals surface area contributed by atoms with Crippen molar-refractivity contribution >= 4 is 0 Å². The summed E-state index contributed by atoms with van der Waals surface area (Å²) in [6.45, 7) is 2.81. The van der Waals surface area contributed by atoms with Crippen LogP contribution in [0.2, 0.25) is 0 Å². The summed E-state index contributed by atoms with van der Waals surface area (Å²) in [6.07, 6.45) is 5.85. The van der Waals surface area contributed by atoms with Gasteiger partial charge in [0, 0.05) is 51.5 Å². The molecule has 2 aromatic rings. The monoisotopic (exact) mass is 317 g/mol. The smallest absolute Gasteiger partial charge is 0.126 e. The predicted octanol–water partition coefficient (Wildman–Crippen LogP) is 2.64. The molecule has 3 rings (SSSR count). The first-order chi connectivity index (χ1) is 11.2. The molecule has 124 valence electrons. The molecule has 1 aromatic heterocycles. The molecular weight excluding hydrogens is 293 g/mol. The molecule has 0 bridgehead atoms. The third-order valence-electron chi connectivity index (χ3n) is 4.66. The van der Waals surface area contributed by atoms with E-state index in [-0.39, 0.29) is 11.9 Å². The molecule has 0 spiro atoms. The molecule has 2 heterocycles. The minimum atomic E-state index is -0.119. The minimum absolute atomic E-state index is 0.119. The fourth-order valence-electron chi connectivity index (χ4n) is 3.49. The van der Waals surface area contributed by atoms with Crippen LogP contribution < -0.4 is 0 Å². The first kappa shape index (κ1) is 16.1. The van der Waals surface area contributed by atoms with Crippen LogP contribution in [0.25, 0.3) is 0 Å². The molecule has 1 saturated heterocycles. The van der Waals surface area contributed by atoms with Crippen molar-refractivity contribution in [2.24, 2.45) is 13.0 Å². The quantitative estimate of drug-likeness (QED) is 0.849. The lowest BCUT2D eigenvalue weighted by molar-refractivity contribution is -0.00873. The zero-order chi connectivity index (χ0) is 16.2. The highest BCUT2D eigenvalue weighted by atomic mass is 19.1. The molecule has 23 heavy (non-hydrogen) atoms. The van der Waals surface area contributed by atoms with Crippen molar-refractivity contribution in [3.05, 3.63) is 53.6 Å². The lowest BCUT2D eigenvalue weighted by Crippen LogP contribution is -2.44. The van der Waals surface area contributed by atoms with Crippen molar-refractivity contribution in [3.8, 4) is 0 Å². The van der Waals surface area contributed by atoms with E-state index in [1.54, 1.807) is 13.2 Å². The van der Waals surface area contributed by atoms with Gasteiger partial charge in [-0.05, 0) is 24.5 Å². The SMILES string of the molecule is CO[C@@H]1CCN(Cc2cnn(C)c2)C[C@H]1Cc1ccccc1F. The summed E-state index contributed by atoms with van der Waals surface area (Å²) in [6, 6.07) is 7.05. The lowest BCUT2D eigenvalue weighted by Gasteiger charge is -2.38. The fourth-order valence-corrected chi connectivity index (χ4v) is 3.49. The van der Waals surface area contributed by atoms with Gasteiger partial charge in [0.15, 0.2) is 0 Å². The van der Waals surface area contributed by atoms with E-state index in [0.29, 0.717) is 12.3 Å². The molecule has 1 fully saturated rings. The summed E-state index contributed by atoms with van der Waals surface area (Å²) in [5, 5.41) is 4.23. The Balaban J connectivity index is 1.67. The molecule has 0 unspecified atom stereocenters. The Morgan fingerprint density at radius 3 is 2.87 bits per heavy atom. The molecule has 1 aliphatic rings. The van der Waals surface area contributed by atoms with E-state index in [0.717, 1.165) is 31.6 Å². The van der Waals surface area contributed by atoms with Crippen LogP contribution in [0.3, 0.4) is 0 Å². The second-order valence-corrected chi connectivity index (χ2v) is 6.38. The summed E-state index contributed by atoms with van der Waals surface area (Å²) in [5.74, 6) is 0.189. The number of hydrogen-bond acceptors (Lipinski definition) is 3. The number of benzene rings is 1. The summed E-state index contributed by atoms with van der Waals surface area (Å²) in [7, 11) is 3.69. The van der Waals surface area contributed by atoms with Gasteiger partial charge >= 0.3 is 0 Å². The van der Waals surface area contributed by atoms with Crippen LogP contribution in [0, 0.1) is 11.7 Å². The first-order valence-electron chi connectivity index (χ1n) is 8.12. The summed E-state index contributed by atoms with van der Waals surface area (Å²) in [5.41, 5.74) is 2.00. The summed E-state index contributed by atoms with van der Waals surface area (Å²) >= 11 is 0. The normalized spacial score (nSPS) is 22.4. The van der Waals surface area contributed by atoms with Crippen LogP contribution in [0.5, 0.6) is 0 Å². The van der Waals surface area contributed by atoms with Crippen LogP contribution >= 0.6 is 0 Å². The van der Waals surface area contributed by atoms with E-state index in [2.05, 4.69) is 10.00 Å². The third kappa shape index (κ3) is 3.98. The van der Waals surface area contributed by atoms with E-state index < -0.39 is 0 Å². The Bertz CT molecular complexity index is 643. The first-order valence-corrected chi connectivity index (χ1v) is 8.12. The number of hydrogen-bond donors (Lipinski definition) is 0. The van der Waals surface area contributed by atoms with Gasteiger partial charge < -0.3 is 4.74 Å². The zero-order valence-electron chi connectivity index (χ0n) is 13.8. The molecule has 1 aliphatic heterocycles. The van der Waals surface area contributed by atoms with Crippen molar-refractivity contribution in [2.75, 3.05) is 20.2 Å². The summed E-state index contributed by atoms with van der Waals surface area (Å²) in [4.78, 5) is 2.41. The molecule has 5 heteroatoms. The zero-order valence-corrected chi connectivity index (χ0v) is 13.8. The van der Waals surface area contributed by atoms with Gasteiger partial charge in [-0.1, -0.05) is 18.2 Å². The van der Waals surface area contributed by atoms with E-state index in [1.165, 1.54) is 11.6 Å². The molecule has 0 radical (unpaired) electrons. The second-order valence-electron chi connectivity index (χ2n) is 6.38. The molecule has 0 amide bonds. The number of methoxy groups -OCH3 is 1. The van der Waals surface area contributed by atoms with Crippen LogP contribution in [-0.2, 0) is 24.8 Å². The van der Waals surface area contributed by atoms with Gasteiger partial charge in [-0.15, -0.1) is 0 Å². The lowest BCUT2D eigenvalue weighted by atomic mass is 9.88. The highest BCUT2D eigenvalue weighted by molar-refractivity contribution is 5.18. The number of aromatic nitrogens is 2. The minimum Gasteiger partial charge on any atom is -0.381 e. The van der Waals surface area contributed by atoms with Crippen LogP contribution in [0.15, 0.2) is 36.7 Å².